The molecule has 3 aromatic rings. The lowest BCUT2D eigenvalue weighted by molar-refractivity contribution is 0.621. The molecule has 0 bridgehead atoms. The van der Waals surface area contributed by atoms with Crippen LogP contribution in [0.15, 0.2) is 41.0 Å². The highest BCUT2D eigenvalue weighted by Crippen LogP contribution is 2.24. The number of rotatable bonds is 1. The Labute approximate surface area is 111 Å². The lowest BCUT2D eigenvalue weighted by Gasteiger charge is -2.01. The van der Waals surface area contributed by atoms with Crippen LogP contribution in [0.4, 0.5) is 4.39 Å². The Kier molecular flexibility index (Phi) is 2.63. The van der Waals surface area contributed by atoms with Crippen molar-refractivity contribution in [3.63, 3.8) is 0 Å². The zero-order valence-electron chi connectivity index (χ0n) is 9.56. The first-order chi connectivity index (χ1) is 8.65. The zero-order valence-corrected chi connectivity index (χ0v) is 11.1. The van der Waals surface area contributed by atoms with Crippen LogP contribution in [-0.2, 0) is 7.05 Å². The van der Waals surface area contributed by atoms with Gasteiger partial charge in [0.25, 0.3) is 0 Å². The maximum absolute atomic E-state index is 12.9. The third-order valence-corrected chi connectivity index (χ3v) is 3.29. The molecule has 90 valence electrons. The van der Waals surface area contributed by atoms with Crippen LogP contribution in [0, 0.1) is 5.82 Å². The van der Waals surface area contributed by atoms with Crippen molar-refractivity contribution >= 4 is 27.0 Å². The third kappa shape index (κ3) is 1.80. The molecule has 0 aliphatic carbocycles. The van der Waals surface area contributed by atoms with E-state index in [4.69, 9.17) is 0 Å². The molecule has 2 aromatic heterocycles. The first-order valence-corrected chi connectivity index (χ1v) is 6.18. The molecule has 0 saturated heterocycles. The van der Waals surface area contributed by atoms with Gasteiger partial charge in [0, 0.05) is 11.5 Å². The highest BCUT2D eigenvalue weighted by Gasteiger charge is 2.11. The normalized spacial score (nSPS) is 11.1. The predicted molar refractivity (Wildman–Crippen MR) is 71.6 cm³/mol. The molecule has 0 radical (unpaired) electrons. The summed E-state index contributed by atoms with van der Waals surface area (Å²) in [6, 6.07) is 8.89. The molecular weight excluding hydrogens is 297 g/mol. The number of hydrogen-bond donors (Lipinski definition) is 0. The highest BCUT2D eigenvalue weighted by molar-refractivity contribution is 9.10. The van der Waals surface area contributed by atoms with E-state index in [9.17, 15) is 4.39 Å². The summed E-state index contributed by atoms with van der Waals surface area (Å²) in [5.74, 6) is 0.378. The predicted octanol–water partition coefficient (Wildman–Crippen LogP) is 3.54. The van der Waals surface area contributed by atoms with Crippen LogP contribution >= 0.6 is 15.9 Å². The van der Waals surface area contributed by atoms with Crippen molar-refractivity contribution in [2.45, 2.75) is 0 Å². The summed E-state index contributed by atoms with van der Waals surface area (Å²) in [6.07, 6.45) is 1.20. The molecule has 0 amide bonds. The molecule has 0 atom stereocenters. The van der Waals surface area contributed by atoms with Gasteiger partial charge in [0.1, 0.15) is 11.5 Å². The summed E-state index contributed by atoms with van der Waals surface area (Å²) in [6.45, 7) is 0. The Morgan fingerprint density at radius 2 is 2.06 bits per heavy atom. The minimum Gasteiger partial charge on any atom is -0.326 e. The summed E-state index contributed by atoms with van der Waals surface area (Å²) < 4.78 is 15.8. The van der Waals surface area contributed by atoms with E-state index in [0.717, 1.165) is 21.3 Å². The first kappa shape index (κ1) is 11.3. The highest BCUT2D eigenvalue weighted by atomic mass is 79.9. The van der Waals surface area contributed by atoms with Crippen LogP contribution in [0.5, 0.6) is 0 Å². The molecule has 0 saturated carbocycles. The van der Waals surface area contributed by atoms with Gasteiger partial charge < -0.3 is 4.57 Å². The number of imidazole rings is 1. The van der Waals surface area contributed by atoms with Crippen molar-refractivity contribution in [3.8, 4) is 11.5 Å². The van der Waals surface area contributed by atoms with Gasteiger partial charge in [-0.3, -0.25) is 0 Å². The molecule has 0 aliphatic rings. The molecule has 3 rings (SSSR count). The lowest BCUT2D eigenvalue weighted by Crippen LogP contribution is -1.94. The largest absolute Gasteiger partial charge is 0.326 e. The first-order valence-electron chi connectivity index (χ1n) is 5.39. The van der Waals surface area contributed by atoms with E-state index in [0.29, 0.717) is 5.69 Å². The van der Waals surface area contributed by atoms with E-state index in [1.54, 1.807) is 6.07 Å². The van der Waals surface area contributed by atoms with Gasteiger partial charge in [0.2, 0.25) is 0 Å². The third-order valence-electron chi connectivity index (χ3n) is 2.80. The van der Waals surface area contributed by atoms with E-state index in [-0.39, 0.29) is 5.82 Å². The van der Waals surface area contributed by atoms with Gasteiger partial charge in [-0.25, -0.2) is 14.4 Å². The Morgan fingerprint density at radius 3 is 2.78 bits per heavy atom. The number of aryl methyl sites for hydroxylation is 1. The molecule has 5 heteroatoms. The van der Waals surface area contributed by atoms with E-state index in [2.05, 4.69) is 25.9 Å². The molecule has 18 heavy (non-hydrogen) atoms. The molecule has 0 aliphatic heterocycles. The van der Waals surface area contributed by atoms with Gasteiger partial charge in [0.15, 0.2) is 5.82 Å². The fraction of sp³-hybridized carbons (Fsp3) is 0.0769. The molecular formula is C13H9BrFN3. The van der Waals surface area contributed by atoms with Crippen molar-refractivity contribution < 1.29 is 4.39 Å². The molecule has 3 nitrogen and oxygen atoms in total. The number of pyridine rings is 1. The number of nitrogens with zero attached hydrogens (tertiary/aromatic N) is 3. The maximum atomic E-state index is 12.9. The fourth-order valence-electron chi connectivity index (χ4n) is 1.90. The Balaban J connectivity index is 2.23. The van der Waals surface area contributed by atoms with E-state index in [1.807, 2.05) is 29.8 Å². The van der Waals surface area contributed by atoms with Gasteiger partial charge in [-0.1, -0.05) is 15.9 Å². The van der Waals surface area contributed by atoms with Gasteiger partial charge in [-0.05, 0) is 30.3 Å². The van der Waals surface area contributed by atoms with Crippen LogP contribution in [0.3, 0.4) is 0 Å². The van der Waals surface area contributed by atoms with Crippen LogP contribution in [0.1, 0.15) is 0 Å². The number of hydrogen-bond acceptors (Lipinski definition) is 2. The second kappa shape index (κ2) is 4.17. The monoisotopic (exact) mass is 305 g/mol. The van der Waals surface area contributed by atoms with Crippen molar-refractivity contribution in [1.29, 1.82) is 0 Å². The van der Waals surface area contributed by atoms with Crippen molar-refractivity contribution in [1.82, 2.24) is 14.5 Å². The molecule has 2 heterocycles. The second-order valence-corrected chi connectivity index (χ2v) is 4.90. The van der Waals surface area contributed by atoms with Crippen molar-refractivity contribution in [3.05, 3.63) is 46.8 Å². The summed E-state index contributed by atoms with van der Waals surface area (Å²) in [5, 5.41) is 0. The molecule has 0 unspecified atom stereocenters. The van der Waals surface area contributed by atoms with Gasteiger partial charge in [-0.15, -0.1) is 0 Å². The standard InChI is InChI=1S/C13H9BrFN3/c1-18-12-6-8(14)2-4-10(12)17-13(18)11-5-3-9(15)7-16-11/h2-7H,1H3. The van der Waals surface area contributed by atoms with Crippen LogP contribution in [-0.4, -0.2) is 14.5 Å². The number of benzene rings is 1. The lowest BCUT2D eigenvalue weighted by atomic mass is 10.3. The Bertz CT molecular complexity index is 719. The topological polar surface area (TPSA) is 30.7 Å². The minimum atomic E-state index is -0.347. The minimum absolute atomic E-state index is 0.347. The van der Waals surface area contributed by atoms with Gasteiger partial charge in [0.05, 0.1) is 17.2 Å². The smallest absolute Gasteiger partial charge is 0.159 e. The van der Waals surface area contributed by atoms with E-state index < -0.39 is 0 Å². The van der Waals surface area contributed by atoms with Crippen LogP contribution < -0.4 is 0 Å². The number of aromatic nitrogens is 3. The molecule has 0 fully saturated rings. The average molecular weight is 306 g/mol. The quantitative estimate of drug-likeness (QED) is 0.688. The Hall–Kier alpha value is -1.75. The van der Waals surface area contributed by atoms with E-state index in [1.165, 1.54) is 12.3 Å². The summed E-state index contributed by atoms with van der Waals surface area (Å²) in [4.78, 5) is 8.57. The fourth-order valence-corrected chi connectivity index (χ4v) is 2.25. The van der Waals surface area contributed by atoms with Crippen molar-refractivity contribution in [2.24, 2.45) is 7.05 Å². The molecule has 1 aromatic carbocycles. The maximum Gasteiger partial charge on any atom is 0.159 e. The summed E-state index contributed by atoms with van der Waals surface area (Å²) in [7, 11) is 1.92. The molecule has 0 N–H and O–H groups in total. The average Bonchev–Trinajstić information content (AvgIpc) is 2.68. The summed E-state index contributed by atoms with van der Waals surface area (Å²) >= 11 is 3.44. The second-order valence-electron chi connectivity index (χ2n) is 3.99. The van der Waals surface area contributed by atoms with Gasteiger partial charge >= 0.3 is 0 Å². The van der Waals surface area contributed by atoms with Gasteiger partial charge in [-0.2, -0.15) is 0 Å². The molecule has 0 spiro atoms. The SMILES string of the molecule is Cn1c(-c2ccc(F)cn2)nc2ccc(Br)cc21. The Morgan fingerprint density at radius 1 is 1.22 bits per heavy atom. The number of fused-ring (bicyclic) bond motifs is 1. The van der Waals surface area contributed by atoms with E-state index >= 15 is 0 Å². The zero-order chi connectivity index (χ0) is 12.7. The van der Waals surface area contributed by atoms with Crippen LogP contribution in [0.25, 0.3) is 22.6 Å². The van der Waals surface area contributed by atoms with Crippen LogP contribution in [0.2, 0.25) is 0 Å². The summed E-state index contributed by atoms with van der Waals surface area (Å²) in [5.41, 5.74) is 2.55. The van der Waals surface area contributed by atoms with Crippen molar-refractivity contribution in [2.75, 3.05) is 0 Å². The number of halogens is 2.